The van der Waals surface area contributed by atoms with Crippen LogP contribution in [0.4, 0.5) is 0 Å². The zero-order valence-electron chi connectivity index (χ0n) is 13.9. The zero-order chi connectivity index (χ0) is 16.7. The number of thiazole rings is 1. The summed E-state index contributed by atoms with van der Waals surface area (Å²) in [6.45, 7) is 5.91. The summed E-state index contributed by atoms with van der Waals surface area (Å²) in [4.78, 5) is 19.3. The second kappa shape index (κ2) is 6.02. The van der Waals surface area contributed by atoms with Gasteiger partial charge in [0, 0.05) is 13.1 Å². The third-order valence-corrected chi connectivity index (χ3v) is 5.42. The van der Waals surface area contributed by atoms with E-state index in [0.29, 0.717) is 5.69 Å². The number of carbonyl (C=O) groups excluding carboxylic acids is 1. The first kappa shape index (κ1) is 15.3. The fourth-order valence-corrected chi connectivity index (χ4v) is 4.04. The number of aromatic nitrogens is 3. The van der Waals surface area contributed by atoms with Crippen LogP contribution in [-0.4, -0.2) is 38.7 Å². The van der Waals surface area contributed by atoms with Crippen molar-refractivity contribution >= 4 is 27.5 Å². The molecule has 1 aliphatic heterocycles. The van der Waals surface area contributed by atoms with Crippen molar-refractivity contribution in [1.29, 1.82) is 0 Å². The lowest BCUT2D eigenvalue weighted by Gasteiger charge is -2.12. The van der Waals surface area contributed by atoms with Crippen LogP contribution in [0.3, 0.4) is 0 Å². The highest BCUT2D eigenvalue weighted by Crippen LogP contribution is 2.28. The van der Waals surface area contributed by atoms with Gasteiger partial charge in [0.05, 0.1) is 15.9 Å². The lowest BCUT2D eigenvalue weighted by atomic mass is 10.1. The molecule has 1 saturated heterocycles. The molecule has 0 spiro atoms. The van der Waals surface area contributed by atoms with E-state index in [1.807, 2.05) is 33.8 Å². The number of amides is 1. The number of benzene rings is 1. The summed E-state index contributed by atoms with van der Waals surface area (Å²) in [5.41, 5.74) is 2.52. The quantitative estimate of drug-likeness (QED) is 0.728. The predicted molar refractivity (Wildman–Crippen MR) is 96.0 cm³/mol. The number of hydrogen-bond donors (Lipinski definition) is 0. The Bertz CT molecular complexity index is 856. The molecule has 1 amide bonds. The topological polar surface area (TPSA) is 51.0 Å². The molecule has 0 atom stereocenters. The molecule has 1 aromatic carbocycles. The second-order valence-electron chi connectivity index (χ2n) is 6.48. The van der Waals surface area contributed by atoms with Gasteiger partial charge in [-0.1, -0.05) is 37.3 Å². The molecule has 124 valence electrons. The minimum Gasteiger partial charge on any atom is -0.337 e. The Hall–Kier alpha value is -2.21. The molecule has 0 radical (unpaired) electrons. The van der Waals surface area contributed by atoms with Crippen LogP contribution >= 0.6 is 11.3 Å². The molecule has 1 aliphatic rings. The van der Waals surface area contributed by atoms with Crippen molar-refractivity contribution < 1.29 is 4.79 Å². The van der Waals surface area contributed by atoms with Crippen molar-refractivity contribution in [1.82, 2.24) is 19.7 Å². The highest BCUT2D eigenvalue weighted by Gasteiger charge is 2.25. The minimum atomic E-state index is 0.0364. The van der Waals surface area contributed by atoms with Crippen LogP contribution < -0.4 is 0 Å². The van der Waals surface area contributed by atoms with Crippen LogP contribution in [-0.2, 0) is 0 Å². The van der Waals surface area contributed by atoms with E-state index in [1.165, 1.54) is 0 Å². The Labute approximate surface area is 144 Å². The molecule has 0 unspecified atom stereocenters. The first-order chi connectivity index (χ1) is 11.6. The summed E-state index contributed by atoms with van der Waals surface area (Å²) in [7, 11) is 0. The molecule has 1 fully saturated rings. The Morgan fingerprint density at radius 1 is 1.21 bits per heavy atom. The van der Waals surface area contributed by atoms with Gasteiger partial charge < -0.3 is 4.90 Å². The monoisotopic (exact) mass is 340 g/mol. The molecule has 0 bridgehead atoms. The third-order valence-electron chi connectivity index (χ3n) is 4.40. The van der Waals surface area contributed by atoms with Gasteiger partial charge >= 0.3 is 0 Å². The minimum absolute atomic E-state index is 0.0364. The van der Waals surface area contributed by atoms with E-state index in [9.17, 15) is 4.79 Å². The van der Waals surface area contributed by atoms with Gasteiger partial charge in [0.2, 0.25) is 5.13 Å². The normalized spacial score (nSPS) is 14.9. The molecule has 2 aromatic heterocycles. The SMILES string of the molecule is CC(C)c1cc(C(=O)N2CCCC2)nn1-c1nc2ccccc2s1. The van der Waals surface area contributed by atoms with E-state index in [1.54, 1.807) is 11.3 Å². The van der Waals surface area contributed by atoms with Gasteiger partial charge in [-0.2, -0.15) is 5.10 Å². The molecule has 0 aliphatic carbocycles. The number of likely N-dealkylation sites (tertiary alicyclic amines) is 1. The highest BCUT2D eigenvalue weighted by atomic mass is 32.1. The lowest BCUT2D eigenvalue weighted by molar-refractivity contribution is 0.0786. The Balaban J connectivity index is 1.77. The van der Waals surface area contributed by atoms with E-state index in [4.69, 9.17) is 4.98 Å². The average molecular weight is 340 g/mol. The first-order valence-corrected chi connectivity index (χ1v) is 9.20. The molecule has 3 heterocycles. The summed E-state index contributed by atoms with van der Waals surface area (Å²) in [6, 6.07) is 9.99. The van der Waals surface area contributed by atoms with Crippen molar-refractivity contribution in [3.05, 3.63) is 41.7 Å². The highest BCUT2D eigenvalue weighted by molar-refractivity contribution is 7.20. The molecule has 4 rings (SSSR count). The van der Waals surface area contributed by atoms with E-state index in [-0.39, 0.29) is 11.8 Å². The molecule has 5 nitrogen and oxygen atoms in total. The number of carbonyl (C=O) groups is 1. The lowest BCUT2D eigenvalue weighted by Crippen LogP contribution is -2.28. The summed E-state index contributed by atoms with van der Waals surface area (Å²) in [5, 5.41) is 5.43. The summed E-state index contributed by atoms with van der Waals surface area (Å²) in [6.07, 6.45) is 2.17. The van der Waals surface area contributed by atoms with Crippen LogP contribution in [0, 0.1) is 0 Å². The maximum Gasteiger partial charge on any atom is 0.274 e. The maximum absolute atomic E-state index is 12.7. The van der Waals surface area contributed by atoms with Crippen molar-refractivity contribution in [3.63, 3.8) is 0 Å². The fourth-order valence-electron chi connectivity index (χ4n) is 3.10. The van der Waals surface area contributed by atoms with E-state index in [0.717, 1.165) is 47.0 Å². The number of fused-ring (bicyclic) bond motifs is 1. The van der Waals surface area contributed by atoms with Gasteiger partial charge in [-0.05, 0) is 37.0 Å². The van der Waals surface area contributed by atoms with Gasteiger partial charge in [-0.15, -0.1) is 0 Å². The van der Waals surface area contributed by atoms with Crippen LogP contribution in [0.2, 0.25) is 0 Å². The largest absolute Gasteiger partial charge is 0.337 e. The zero-order valence-corrected chi connectivity index (χ0v) is 14.7. The maximum atomic E-state index is 12.7. The van der Waals surface area contributed by atoms with E-state index >= 15 is 0 Å². The number of rotatable bonds is 3. The van der Waals surface area contributed by atoms with Gasteiger partial charge in [-0.25, -0.2) is 9.67 Å². The Morgan fingerprint density at radius 2 is 1.96 bits per heavy atom. The van der Waals surface area contributed by atoms with E-state index in [2.05, 4.69) is 25.0 Å². The third kappa shape index (κ3) is 2.60. The van der Waals surface area contributed by atoms with Crippen LogP contribution in [0.1, 0.15) is 48.8 Å². The molecule has 24 heavy (non-hydrogen) atoms. The van der Waals surface area contributed by atoms with Gasteiger partial charge in [0.25, 0.3) is 5.91 Å². The Morgan fingerprint density at radius 3 is 2.67 bits per heavy atom. The number of hydrogen-bond acceptors (Lipinski definition) is 4. The van der Waals surface area contributed by atoms with Gasteiger partial charge in [-0.3, -0.25) is 4.79 Å². The van der Waals surface area contributed by atoms with Crippen LogP contribution in [0.5, 0.6) is 0 Å². The van der Waals surface area contributed by atoms with Gasteiger partial charge in [0.15, 0.2) is 5.69 Å². The van der Waals surface area contributed by atoms with Crippen molar-refractivity contribution in [2.45, 2.75) is 32.6 Å². The van der Waals surface area contributed by atoms with Crippen molar-refractivity contribution in [2.24, 2.45) is 0 Å². The number of nitrogens with zero attached hydrogens (tertiary/aromatic N) is 4. The molecular weight excluding hydrogens is 320 g/mol. The van der Waals surface area contributed by atoms with Gasteiger partial charge in [0.1, 0.15) is 0 Å². The summed E-state index contributed by atoms with van der Waals surface area (Å²) >= 11 is 1.60. The molecular formula is C18H20N4OS. The van der Waals surface area contributed by atoms with E-state index < -0.39 is 0 Å². The molecule has 3 aromatic rings. The Kier molecular flexibility index (Phi) is 3.84. The van der Waals surface area contributed by atoms with Crippen molar-refractivity contribution in [3.8, 4) is 5.13 Å². The van der Waals surface area contributed by atoms with Crippen LogP contribution in [0.15, 0.2) is 30.3 Å². The standard InChI is InChI=1S/C18H20N4OS/c1-12(2)15-11-14(17(23)21-9-5-6-10-21)20-22(15)18-19-13-7-3-4-8-16(13)24-18/h3-4,7-8,11-12H,5-6,9-10H2,1-2H3. The summed E-state index contributed by atoms with van der Waals surface area (Å²) < 4.78 is 2.98. The fraction of sp³-hybridized carbons (Fsp3) is 0.389. The molecule has 0 N–H and O–H groups in total. The first-order valence-electron chi connectivity index (χ1n) is 8.38. The molecule has 0 saturated carbocycles. The number of para-hydroxylation sites is 1. The second-order valence-corrected chi connectivity index (χ2v) is 7.49. The predicted octanol–water partition coefficient (Wildman–Crippen LogP) is 3.84. The summed E-state index contributed by atoms with van der Waals surface area (Å²) in [5.74, 6) is 0.305. The molecule has 6 heteroatoms. The van der Waals surface area contributed by atoms with Crippen LogP contribution in [0.25, 0.3) is 15.3 Å². The van der Waals surface area contributed by atoms with Crippen molar-refractivity contribution in [2.75, 3.05) is 13.1 Å². The smallest absolute Gasteiger partial charge is 0.274 e. The average Bonchev–Trinajstić information content (AvgIpc) is 3.30.